The Hall–Kier alpha value is -2.55. The van der Waals surface area contributed by atoms with Crippen LogP contribution >= 0.6 is 0 Å². The van der Waals surface area contributed by atoms with Crippen molar-refractivity contribution in [3.05, 3.63) is 41.9 Å². The smallest absolute Gasteiger partial charge is 0.228 e. The molecule has 3 rings (SSSR count). The summed E-state index contributed by atoms with van der Waals surface area (Å²) in [7, 11) is -3.13. The van der Waals surface area contributed by atoms with Crippen LogP contribution in [0.4, 0.5) is 0 Å². The number of hydrogen-bond acceptors (Lipinski definition) is 7. The second-order valence-electron chi connectivity index (χ2n) is 5.48. The lowest BCUT2D eigenvalue weighted by Crippen LogP contribution is -2.28. The molecule has 1 aliphatic heterocycles. The molecule has 1 aliphatic rings. The van der Waals surface area contributed by atoms with E-state index in [4.69, 9.17) is 4.52 Å². The number of carbonyl (C=O) groups is 1. The van der Waals surface area contributed by atoms with Gasteiger partial charge in [-0.2, -0.15) is 4.98 Å². The van der Waals surface area contributed by atoms with E-state index in [-0.39, 0.29) is 24.0 Å². The number of rotatable bonds is 6. The first-order valence-electron chi connectivity index (χ1n) is 7.42. The standard InChI is InChI=1S/C15H16N4O4S/c20-13(8-11-4-7-24(21,22)10-11)17-6-3-14-18-15(19-23-14)12-2-1-5-16-9-12/h1-2,4-5,7,9,11H,3,6,8,10H2,(H,17,20)/t11-/m1/s1. The van der Waals surface area contributed by atoms with Crippen LogP contribution in [0.15, 0.2) is 40.5 Å². The Bertz CT molecular complexity index is 845. The first-order valence-corrected chi connectivity index (χ1v) is 9.14. The molecule has 0 spiro atoms. The van der Waals surface area contributed by atoms with E-state index >= 15 is 0 Å². The Morgan fingerprint density at radius 1 is 1.42 bits per heavy atom. The second-order valence-corrected chi connectivity index (χ2v) is 7.41. The monoisotopic (exact) mass is 348 g/mol. The van der Waals surface area contributed by atoms with Gasteiger partial charge in [0.25, 0.3) is 0 Å². The van der Waals surface area contributed by atoms with Gasteiger partial charge in [0.1, 0.15) is 0 Å². The maximum Gasteiger partial charge on any atom is 0.228 e. The predicted molar refractivity (Wildman–Crippen MR) is 85.3 cm³/mol. The largest absolute Gasteiger partial charge is 0.356 e. The molecule has 0 fully saturated rings. The molecule has 1 N–H and O–H groups in total. The van der Waals surface area contributed by atoms with Crippen molar-refractivity contribution in [3.63, 3.8) is 0 Å². The van der Waals surface area contributed by atoms with Crippen molar-refractivity contribution >= 4 is 15.7 Å². The highest BCUT2D eigenvalue weighted by Gasteiger charge is 2.23. The molecular weight excluding hydrogens is 332 g/mol. The summed E-state index contributed by atoms with van der Waals surface area (Å²) < 4.78 is 27.7. The molecule has 0 saturated carbocycles. The van der Waals surface area contributed by atoms with Crippen molar-refractivity contribution in [1.29, 1.82) is 0 Å². The molecular formula is C15H16N4O4S. The number of nitrogens with zero attached hydrogens (tertiary/aromatic N) is 3. The molecule has 0 radical (unpaired) electrons. The summed E-state index contributed by atoms with van der Waals surface area (Å²) in [6.45, 7) is 0.344. The highest BCUT2D eigenvalue weighted by atomic mass is 32.2. The van der Waals surface area contributed by atoms with E-state index < -0.39 is 9.84 Å². The van der Waals surface area contributed by atoms with Crippen molar-refractivity contribution in [2.24, 2.45) is 5.92 Å². The lowest BCUT2D eigenvalue weighted by molar-refractivity contribution is -0.121. The minimum Gasteiger partial charge on any atom is -0.356 e. The van der Waals surface area contributed by atoms with E-state index in [1.807, 2.05) is 6.07 Å². The average Bonchev–Trinajstić information content (AvgIpc) is 3.15. The molecule has 2 aromatic heterocycles. The van der Waals surface area contributed by atoms with E-state index in [1.54, 1.807) is 24.5 Å². The third-order valence-electron chi connectivity index (χ3n) is 3.50. The van der Waals surface area contributed by atoms with Crippen LogP contribution in [0, 0.1) is 5.92 Å². The van der Waals surface area contributed by atoms with Gasteiger partial charge in [0.2, 0.25) is 17.6 Å². The lowest BCUT2D eigenvalue weighted by atomic mass is 10.1. The molecule has 0 saturated heterocycles. The number of aromatic nitrogens is 3. The van der Waals surface area contributed by atoms with Gasteiger partial charge in [-0.05, 0) is 12.1 Å². The van der Waals surface area contributed by atoms with E-state index in [9.17, 15) is 13.2 Å². The number of nitrogens with one attached hydrogen (secondary N) is 1. The maximum absolute atomic E-state index is 11.8. The van der Waals surface area contributed by atoms with Gasteiger partial charge < -0.3 is 9.84 Å². The second kappa shape index (κ2) is 6.91. The molecule has 8 nitrogen and oxygen atoms in total. The zero-order chi connectivity index (χ0) is 17.0. The number of allylic oxidation sites excluding steroid dienone is 1. The minimum absolute atomic E-state index is 0.00144. The summed E-state index contributed by atoms with van der Waals surface area (Å²) >= 11 is 0. The van der Waals surface area contributed by atoms with Crippen LogP contribution in [0.3, 0.4) is 0 Å². The molecule has 9 heteroatoms. The first kappa shape index (κ1) is 16.3. The number of amides is 1. The van der Waals surface area contributed by atoms with Gasteiger partial charge in [-0.15, -0.1) is 0 Å². The molecule has 3 heterocycles. The fourth-order valence-electron chi connectivity index (χ4n) is 2.36. The highest BCUT2D eigenvalue weighted by Crippen LogP contribution is 2.18. The Morgan fingerprint density at radius 2 is 2.29 bits per heavy atom. The Labute approximate surface area is 138 Å². The normalized spacial score (nSPS) is 18.6. The van der Waals surface area contributed by atoms with Crippen LogP contribution in [-0.4, -0.2) is 41.7 Å². The van der Waals surface area contributed by atoms with Gasteiger partial charge in [-0.25, -0.2) is 8.42 Å². The zero-order valence-corrected chi connectivity index (χ0v) is 13.6. The van der Waals surface area contributed by atoms with Crippen LogP contribution in [-0.2, 0) is 21.1 Å². The zero-order valence-electron chi connectivity index (χ0n) is 12.8. The third kappa shape index (κ3) is 4.25. The van der Waals surface area contributed by atoms with Crippen molar-refractivity contribution in [2.45, 2.75) is 12.8 Å². The molecule has 0 unspecified atom stereocenters. The van der Waals surface area contributed by atoms with Gasteiger partial charge in [-0.1, -0.05) is 11.2 Å². The van der Waals surface area contributed by atoms with E-state index in [1.165, 1.54) is 5.41 Å². The molecule has 0 aromatic carbocycles. The van der Waals surface area contributed by atoms with Crippen LogP contribution in [0.25, 0.3) is 11.4 Å². The highest BCUT2D eigenvalue weighted by molar-refractivity contribution is 7.94. The molecule has 0 aliphatic carbocycles. The van der Waals surface area contributed by atoms with Crippen molar-refractivity contribution in [1.82, 2.24) is 20.4 Å². The Morgan fingerprint density at radius 3 is 3.00 bits per heavy atom. The third-order valence-corrected chi connectivity index (χ3v) is 4.97. The molecule has 126 valence electrons. The van der Waals surface area contributed by atoms with E-state index in [0.29, 0.717) is 24.7 Å². The maximum atomic E-state index is 11.8. The van der Waals surface area contributed by atoms with E-state index in [2.05, 4.69) is 20.4 Å². The summed E-state index contributed by atoms with van der Waals surface area (Å²) in [6.07, 6.45) is 5.41. The molecule has 24 heavy (non-hydrogen) atoms. The van der Waals surface area contributed by atoms with Crippen molar-refractivity contribution < 1.29 is 17.7 Å². The summed E-state index contributed by atoms with van der Waals surface area (Å²) in [6, 6.07) is 3.61. The van der Waals surface area contributed by atoms with Gasteiger partial charge >= 0.3 is 0 Å². The Balaban J connectivity index is 1.44. The number of carbonyl (C=O) groups excluding carboxylic acids is 1. The fraction of sp³-hybridized carbons (Fsp3) is 0.333. The van der Waals surface area contributed by atoms with Crippen LogP contribution < -0.4 is 5.32 Å². The summed E-state index contributed by atoms with van der Waals surface area (Å²) in [4.78, 5) is 20.0. The fourth-order valence-corrected chi connectivity index (χ4v) is 3.75. The van der Waals surface area contributed by atoms with Crippen molar-refractivity contribution in [2.75, 3.05) is 12.3 Å². The molecule has 0 bridgehead atoms. The van der Waals surface area contributed by atoms with Crippen LogP contribution in [0.5, 0.6) is 0 Å². The number of hydrogen-bond donors (Lipinski definition) is 1. The topological polar surface area (TPSA) is 115 Å². The Kier molecular flexibility index (Phi) is 4.70. The van der Waals surface area contributed by atoms with Crippen molar-refractivity contribution in [3.8, 4) is 11.4 Å². The first-order chi connectivity index (χ1) is 11.5. The van der Waals surface area contributed by atoms with Gasteiger partial charge in [0.05, 0.1) is 5.75 Å². The SMILES string of the molecule is O=C(C[C@H]1C=CS(=O)(=O)C1)NCCc1nc(-c2cccnc2)no1. The van der Waals surface area contributed by atoms with Gasteiger partial charge in [0, 0.05) is 48.7 Å². The lowest BCUT2D eigenvalue weighted by Gasteiger charge is -2.06. The average molecular weight is 348 g/mol. The van der Waals surface area contributed by atoms with E-state index in [0.717, 1.165) is 5.56 Å². The molecule has 1 amide bonds. The predicted octanol–water partition coefficient (Wildman–Crippen LogP) is 0.739. The van der Waals surface area contributed by atoms with Gasteiger partial charge in [-0.3, -0.25) is 9.78 Å². The quantitative estimate of drug-likeness (QED) is 0.818. The number of sulfone groups is 1. The van der Waals surface area contributed by atoms with Crippen LogP contribution in [0.1, 0.15) is 12.3 Å². The van der Waals surface area contributed by atoms with Crippen LogP contribution in [0.2, 0.25) is 0 Å². The van der Waals surface area contributed by atoms with Gasteiger partial charge in [0.15, 0.2) is 9.84 Å². The summed E-state index contributed by atoms with van der Waals surface area (Å²) in [5.74, 6) is 0.408. The summed E-state index contributed by atoms with van der Waals surface area (Å²) in [5, 5.41) is 7.77. The number of pyridine rings is 1. The minimum atomic E-state index is -3.13. The molecule has 1 atom stereocenters. The molecule has 2 aromatic rings. The summed E-state index contributed by atoms with van der Waals surface area (Å²) in [5.41, 5.74) is 0.755.